The van der Waals surface area contributed by atoms with Crippen LogP contribution >= 0.6 is 0 Å². The molecule has 19 heavy (non-hydrogen) atoms. The first-order valence-electron chi connectivity index (χ1n) is 6.29. The fourth-order valence-electron chi connectivity index (χ4n) is 1.89. The van der Waals surface area contributed by atoms with Crippen molar-refractivity contribution in [3.05, 3.63) is 35.4 Å². The third kappa shape index (κ3) is 2.99. The average molecular weight is 261 g/mol. The Kier molecular flexibility index (Phi) is 3.94. The Morgan fingerprint density at radius 3 is 2.26 bits per heavy atom. The van der Waals surface area contributed by atoms with Crippen LogP contribution in [0.4, 0.5) is 0 Å². The van der Waals surface area contributed by atoms with Crippen LogP contribution in [0.3, 0.4) is 0 Å². The number of imide groups is 1. The van der Waals surface area contributed by atoms with Gasteiger partial charge in [-0.2, -0.15) is 0 Å². The zero-order chi connectivity index (χ0) is 13.8. The van der Waals surface area contributed by atoms with Crippen molar-refractivity contribution in [1.82, 2.24) is 5.06 Å². The summed E-state index contributed by atoms with van der Waals surface area (Å²) in [6, 6.07) is 6.96. The van der Waals surface area contributed by atoms with Gasteiger partial charge in [-0.25, -0.2) is 4.79 Å². The SMILES string of the molecule is CCCc1ccc(C(=O)ON2C(=O)CCC2=O)cc1. The number of amides is 2. The van der Waals surface area contributed by atoms with Crippen LogP contribution in [0.5, 0.6) is 0 Å². The van der Waals surface area contributed by atoms with Gasteiger partial charge in [0.1, 0.15) is 0 Å². The first kappa shape index (κ1) is 13.3. The van der Waals surface area contributed by atoms with Gasteiger partial charge < -0.3 is 4.84 Å². The predicted molar refractivity (Wildman–Crippen MR) is 66.9 cm³/mol. The van der Waals surface area contributed by atoms with Crippen molar-refractivity contribution in [2.24, 2.45) is 0 Å². The van der Waals surface area contributed by atoms with E-state index in [1.165, 1.54) is 0 Å². The molecule has 0 atom stereocenters. The zero-order valence-corrected chi connectivity index (χ0v) is 10.7. The van der Waals surface area contributed by atoms with Gasteiger partial charge in [-0.15, -0.1) is 5.06 Å². The molecule has 0 aromatic heterocycles. The lowest BCUT2D eigenvalue weighted by Crippen LogP contribution is -2.32. The molecule has 1 aliphatic heterocycles. The molecule has 0 bridgehead atoms. The molecule has 1 fully saturated rings. The standard InChI is InChI=1S/C14H15NO4/c1-2-3-10-4-6-11(7-5-10)14(18)19-15-12(16)8-9-13(15)17/h4-7H,2-3,8-9H2,1H3. The Labute approximate surface area is 111 Å². The van der Waals surface area contributed by atoms with E-state index in [0.717, 1.165) is 18.4 Å². The van der Waals surface area contributed by atoms with Gasteiger partial charge in [0.2, 0.25) is 0 Å². The van der Waals surface area contributed by atoms with Crippen molar-refractivity contribution in [1.29, 1.82) is 0 Å². The lowest BCUT2D eigenvalue weighted by molar-refractivity contribution is -0.172. The number of nitrogens with zero attached hydrogens (tertiary/aromatic N) is 1. The number of hydrogen-bond donors (Lipinski definition) is 0. The molecular weight excluding hydrogens is 246 g/mol. The van der Waals surface area contributed by atoms with E-state index in [1.54, 1.807) is 12.1 Å². The van der Waals surface area contributed by atoms with E-state index < -0.39 is 17.8 Å². The number of hydrogen-bond acceptors (Lipinski definition) is 4. The second-order valence-electron chi connectivity index (χ2n) is 4.41. The van der Waals surface area contributed by atoms with E-state index in [2.05, 4.69) is 6.92 Å². The maximum atomic E-state index is 11.8. The highest BCUT2D eigenvalue weighted by atomic mass is 16.7. The van der Waals surface area contributed by atoms with Gasteiger partial charge in [0.25, 0.3) is 11.8 Å². The van der Waals surface area contributed by atoms with E-state index in [1.807, 2.05) is 12.1 Å². The van der Waals surface area contributed by atoms with Crippen LogP contribution in [0, 0.1) is 0 Å². The summed E-state index contributed by atoms with van der Waals surface area (Å²) in [6.45, 7) is 2.08. The minimum Gasteiger partial charge on any atom is -0.325 e. The lowest BCUT2D eigenvalue weighted by Gasteiger charge is -2.12. The topological polar surface area (TPSA) is 63.7 Å². The summed E-state index contributed by atoms with van der Waals surface area (Å²) < 4.78 is 0. The molecule has 1 heterocycles. The monoisotopic (exact) mass is 261 g/mol. The fourth-order valence-corrected chi connectivity index (χ4v) is 1.89. The van der Waals surface area contributed by atoms with Crippen LogP contribution in [-0.4, -0.2) is 22.8 Å². The van der Waals surface area contributed by atoms with Crippen molar-refractivity contribution in [3.8, 4) is 0 Å². The van der Waals surface area contributed by atoms with E-state index >= 15 is 0 Å². The second kappa shape index (κ2) is 5.65. The van der Waals surface area contributed by atoms with Crippen molar-refractivity contribution in [2.75, 3.05) is 0 Å². The molecule has 5 nitrogen and oxygen atoms in total. The van der Waals surface area contributed by atoms with Crippen molar-refractivity contribution >= 4 is 17.8 Å². The normalized spacial score (nSPS) is 14.9. The third-order valence-electron chi connectivity index (χ3n) is 2.91. The van der Waals surface area contributed by atoms with Crippen LogP contribution in [0.25, 0.3) is 0 Å². The summed E-state index contributed by atoms with van der Waals surface area (Å²) in [5, 5.41) is 0.558. The number of rotatable bonds is 4. The Hall–Kier alpha value is -2.17. The van der Waals surface area contributed by atoms with Crippen LogP contribution < -0.4 is 0 Å². The fraction of sp³-hybridized carbons (Fsp3) is 0.357. The third-order valence-corrected chi connectivity index (χ3v) is 2.91. The molecule has 1 aromatic rings. The van der Waals surface area contributed by atoms with Gasteiger partial charge in [0.05, 0.1) is 5.56 Å². The molecule has 0 saturated carbocycles. The van der Waals surface area contributed by atoms with Crippen molar-refractivity contribution < 1.29 is 19.2 Å². The Morgan fingerprint density at radius 1 is 1.16 bits per heavy atom. The first-order valence-corrected chi connectivity index (χ1v) is 6.29. The average Bonchev–Trinajstić information content (AvgIpc) is 2.72. The van der Waals surface area contributed by atoms with Crippen molar-refractivity contribution in [2.45, 2.75) is 32.6 Å². The van der Waals surface area contributed by atoms with Gasteiger partial charge in [0, 0.05) is 12.8 Å². The van der Waals surface area contributed by atoms with Crippen LogP contribution in [0.15, 0.2) is 24.3 Å². The molecule has 0 N–H and O–H groups in total. The smallest absolute Gasteiger partial charge is 0.325 e. The molecular formula is C14H15NO4. The Bertz CT molecular complexity index is 491. The minimum atomic E-state index is -0.688. The molecule has 5 heteroatoms. The number of aryl methyl sites for hydroxylation is 1. The molecule has 0 spiro atoms. The van der Waals surface area contributed by atoms with E-state index in [0.29, 0.717) is 10.6 Å². The van der Waals surface area contributed by atoms with Gasteiger partial charge in [-0.1, -0.05) is 25.5 Å². The Balaban J connectivity index is 2.03. The molecule has 0 radical (unpaired) electrons. The number of benzene rings is 1. The van der Waals surface area contributed by atoms with E-state index in [4.69, 9.17) is 4.84 Å². The second-order valence-corrected chi connectivity index (χ2v) is 4.41. The molecule has 100 valence electrons. The summed E-state index contributed by atoms with van der Waals surface area (Å²) in [5.74, 6) is -1.63. The maximum absolute atomic E-state index is 11.8. The summed E-state index contributed by atoms with van der Waals surface area (Å²) in [6.07, 6.45) is 2.17. The van der Waals surface area contributed by atoms with Crippen molar-refractivity contribution in [3.63, 3.8) is 0 Å². The number of carbonyl (C=O) groups is 3. The molecule has 1 saturated heterocycles. The molecule has 0 aliphatic carbocycles. The molecule has 1 aromatic carbocycles. The minimum absolute atomic E-state index is 0.0988. The lowest BCUT2D eigenvalue weighted by atomic mass is 10.1. The van der Waals surface area contributed by atoms with Crippen LogP contribution in [-0.2, 0) is 20.8 Å². The summed E-state index contributed by atoms with van der Waals surface area (Å²) in [4.78, 5) is 39.2. The maximum Gasteiger partial charge on any atom is 0.363 e. The zero-order valence-electron chi connectivity index (χ0n) is 10.7. The molecule has 2 rings (SSSR count). The highest BCUT2D eigenvalue weighted by molar-refractivity contribution is 6.02. The van der Waals surface area contributed by atoms with Gasteiger partial charge in [-0.3, -0.25) is 9.59 Å². The van der Waals surface area contributed by atoms with Gasteiger partial charge >= 0.3 is 5.97 Å². The Morgan fingerprint density at radius 2 is 1.74 bits per heavy atom. The number of hydroxylamine groups is 2. The molecule has 1 aliphatic rings. The van der Waals surface area contributed by atoms with E-state index in [9.17, 15) is 14.4 Å². The summed E-state index contributed by atoms with van der Waals surface area (Å²) in [5.41, 5.74) is 1.46. The quantitative estimate of drug-likeness (QED) is 0.776. The van der Waals surface area contributed by atoms with Crippen LogP contribution in [0.2, 0.25) is 0 Å². The highest BCUT2D eigenvalue weighted by Crippen LogP contribution is 2.15. The number of carbonyl (C=O) groups excluding carboxylic acids is 3. The van der Waals surface area contributed by atoms with Gasteiger partial charge in [0.15, 0.2) is 0 Å². The largest absolute Gasteiger partial charge is 0.363 e. The predicted octanol–water partition coefficient (Wildman–Crippen LogP) is 1.86. The summed E-state index contributed by atoms with van der Waals surface area (Å²) >= 11 is 0. The summed E-state index contributed by atoms with van der Waals surface area (Å²) in [7, 11) is 0. The first-order chi connectivity index (χ1) is 9.11. The highest BCUT2D eigenvalue weighted by Gasteiger charge is 2.33. The molecule has 0 unspecified atom stereocenters. The van der Waals surface area contributed by atoms with Gasteiger partial charge in [-0.05, 0) is 24.1 Å². The van der Waals surface area contributed by atoms with E-state index in [-0.39, 0.29) is 12.8 Å². The van der Waals surface area contributed by atoms with Crippen LogP contribution in [0.1, 0.15) is 42.1 Å². The molecule has 2 amide bonds.